The quantitative estimate of drug-likeness (QED) is 0.609. The summed E-state index contributed by atoms with van der Waals surface area (Å²) in [4.78, 5) is 19.6. The molecule has 0 amide bonds. The van der Waals surface area contributed by atoms with Crippen molar-refractivity contribution in [3.8, 4) is 11.4 Å². The average molecular weight is 337 g/mol. The number of aromatic amines is 1. The molecule has 0 atom stereocenters. The number of fused-ring (bicyclic) bond motifs is 2. The van der Waals surface area contributed by atoms with Crippen LogP contribution in [0.15, 0.2) is 36.0 Å². The van der Waals surface area contributed by atoms with Crippen molar-refractivity contribution in [1.82, 2.24) is 19.9 Å². The summed E-state index contributed by atoms with van der Waals surface area (Å²) in [7, 11) is 0. The first-order valence-corrected chi connectivity index (χ1v) is 8.78. The van der Waals surface area contributed by atoms with E-state index < -0.39 is 0 Å². The van der Waals surface area contributed by atoms with Gasteiger partial charge in [0.05, 0.1) is 18.7 Å². The number of H-pyrrole nitrogens is 1. The fourth-order valence-electron chi connectivity index (χ4n) is 3.14. The Labute approximate surface area is 142 Å². The molecule has 0 bridgehead atoms. The van der Waals surface area contributed by atoms with Gasteiger partial charge in [0, 0.05) is 35.8 Å². The standard InChI is InChI=1S/C17H15N5OS/c1-2-12(11-4-5-18-13(11)3-1)15-20-16-14(24-10-19-16)17(21-15)22-6-8-23-9-7-22/h1-5,10,18H,6-9H2. The van der Waals surface area contributed by atoms with Crippen LogP contribution in [0.2, 0.25) is 0 Å². The van der Waals surface area contributed by atoms with Gasteiger partial charge in [0.25, 0.3) is 0 Å². The Hall–Kier alpha value is -2.51. The summed E-state index contributed by atoms with van der Waals surface area (Å²) in [5.41, 5.74) is 4.71. The molecule has 5 rings (SSSR count). The maximum absolute atomic E-state index is 5.48. The van der Waals surface area contributed by atoms with E-state index in [-0.39, 0.29) is 0 Å². The predicted octanol–water partition coefficient (Wildman–Crippen LogP) is 3.07. The number of anilines is 1. The molecule has 0 spiro atoms. The summed E-state index contributed by atoms with van der Waals surface area (Å²) >= 11 is 1.59. The zero-order chi connectivity index (χ0) is 15.9. The zero-order valence-corrected chi connectivity index (χ0v) is 13.7. The molecular formula is C17H15N5OS. The highest BCUT2D eigenvalue weighted by Crippen LogP contribution is 2.32. The minimum absolute atomic E-state index is 0.722. The summed E-state index contributed by atoms with van der Waals surface area (Å²) in [6, 6.07) is 8.21. The average Bonchev–Trinajstić information content (AvgIpc) is 3.30. The highest BCUT2D eigenvalue weighted by Gasteiger charge is 2.20. The minimum Gasteiger partial charge on any atom is -0.378 e. The molecule has 4 aromatic rings. The van der Waals surface area contributed by atoms with E-state index in [0.29, 0.717) is 0 Å². The molecule has 4 heterocycles. The van der Waals surface area contributed by atoms with E-state index in [1.54, 1.807) is 11.3 Å². The second kappa shape index (κ2) is 5.54. The van der Waals surface area contributed by atoms with Crippen LogP contribution < -0.4 is 4.90 Å². The van der Waals surface area contributed by atoms with Gasteiger partial charge in [-0.05, 0) is 12.1 Å². The van der Waals surface area contributed by atoms with Crippen LogP contribution in [0.3, 0.4) is 0 Å². The second-order valence-corrected chi connectivity index (χ2v) is 6.57. The molecule has 7 heteroatoms. The van der Waals surface area contributed by atoms with E-state index in [1.165, 1.54) is 0 Å². The van der Waals surface area contributed by atoms with Crippen molar-refractivity contribution in [3.05, 3.63) is 36.0 Å². The molecule has 24 heavy (non-hydrogen) atoms. The third-order valence-corrected chi connectivity index (χ3v) is 5.13. The lowest BCUT2D eigenvalue weighted by molar-refractivity contribution is 0.122. The zero-order valence-electron chi connectivity index (χ0n) is 12.9. The molecule has 0 saturated carbocycles. The van der Waals surface area contributed by atoms with Crippen LogP contribution in [-0.4, -0.2) is 46.2 Å². The first-order chi connectivity index (χ1) is 11.9. The topological polar surface area (TPSA) is 66.9 Å². The van der Waals surface area contributed by atoms with E-state index in [4.69, 9.17) is 14.7 Å². The maximum Gasteiger partial charge on any atom is 0.176 e. The Morgan fingerprint density at radius 3 is 2.96 bits per heavy atom. The molecule has 0 aliphatic carbocycles. The number of hydrogen-bond acceptors (Lipinski definition) is 6. The van der Waals surface area contributed by atoms with Crippen LogP contribution in [0, 0.1) is 0 Å². The van der Waals surface area contributed by atoms with Crippen LogP contribution in [0.1, 0.15) is 0 Å². The molecule has 1 fully saturated rings. The van der Waals surface area contributed by atoms with Crippen molar-refractivity contribution in [2.75, 3.05) is 31.2 Å². The van der Waals surface area contributed by atoms with Crippen molar-refractivity contribution in [2.45, 2.75) is 0 Å². The van der Waals surface area contributed by atoms with Crippen LogP contribution in [-0.2, 0) is 4.74 Å². The smallest absolute Gasteiger partial charge is 0.176 e. The number of ether oxygens (including phenoxy) is 1. The lowest BCUT2D eigenvalue weighted by atomic mass is 10.1. The third kappa shape index (κ3) is 2.16. The first kappa shape index (κ1) is 13.9. The Morgan fingerprint density at radius 2 is 2.04 bits per heavy atom. The number of benzene rings is 1. The molecule has 1 aliphatic rings. The summed E-state index contributed by atoms with van der Waals surface area (Å²) in [5.74, 6) is 1.69. The van der Waals surface area contributed by atoms with Crippen LogP contribution in [0.4, 0.5) is 5.82 Å². The van der Waals surface area contributed by atoms with Gasteiger partial charge in [-0.3, -0.25) is 0 Å². The van der Waals surface area contributed by atoms with Gasteiger partial charge in [0.2, 0.25) is 0 Å². The van der Waals surface area contributed by atoms with Gasteiger partial charge in [-0.1, -0.05) is 12.1 Å². The predicted molar refractivity (Wildman–Crippen MR) is 95.5 cm³/mol. The molecule has 0 unspecified atom stereocenters. The fourth-order valence-corrected chi connectivity index (χ4v) is 3.88. The Bertz CT molecular complexity index is 1020. The number of aromatic nitrogens is 4. The van der Waals surface area contributed by atoms with E-state index in [2.05, 4.69) is 33.1 Å². The first-order valence-electron chi connectivity index (χ1n) is 7.90. The highest BCUT2D eigenvalue weighted by molar-refractivity contribution is 7.17. The second-order valence-electron chi connectivity index (χ2n) is 5.72. The SMILES string of the molecule is c1cc(-c2nc(N3CCOCC3)c3scnc3n2)c2cc[nH]c2c1. The molecule has 0 radical (unpaired) electrons. The van der Waals surface area contributed by atoms with E-state index in [0.717, 1.165) is 64.8 Å². The van der Waals surface area contributed by atoms with Gasteiger partial charge in [-0.15, -0.1) is 11.3 Å². The molecule has 120 valence electrons. The summed E-state index contributed by atoms with van der Waals surface area (Å²) < 4.78 is 6.52. The lowest BCUT2D eigenvalue weighted by Crippen LogP contribution is -2.36. The number of morpholine rings is 1. The van der Waals surface area contributed by atoms with Gasteiger partial charge >= 0.3 is 0 Å². The van der Waals surface area contributed by atoms with Gasteiger partial charge in [-0.25, -0.2) is 15.0 Å². The van der Waals surface area contributed by atoms with E-state index >= 15 is 0 Å². The van der Waals surface area contributed by atoms with Crippen molar-refractivity contribution in [3.63, 3.8) is 0 Å². The molecule has 1 aromatic carbocycles. The van der Waals surface area contributed by atoms with Gasteiger partial charge in [-0.2, -0.15) is 0 Å². The monoisotopic (exact) mass is 337 g/mol. The lowest BCUT2D eigenvalue weighted by Gasteiger charge is -2.28. The molecule has 1 saturated heterocycles. The summed E-state index contributed by atoms with van der Waals surface area (Å²) in [5, 5.41) is 1.13. The van der Waals surface area contributed by atoms with Crippen molar-refractivity contribution in [1.29, 1.82) is 0 Å². The number of rotatable bonds is 2. The largest absolute Gasteiger partial charge is 0.378 e. The number of nitrogens with one attached hydrogen (secondary N) is 1. The van der Waals surface area contributed by atoms with Gasteiger partial charge in [0.15, 0.2) is 17.3 Å². The summed E-state index contributed by atoms with van der Waals surface area (Å²) in [6.07, 6.45) is 1.94. The van der Waals surface area contributed by atoms with Crippen molar-refractivity contribution >= 4 is 38.4 Å². The number of thiazole rings is 1. The van der Waals surface area contributed by atoms with E-state index in [1.807, 2.05) is 17.8 Å². The number of nitrogens with zero attached hydrogens (tertiary/aromatic N) is 4. The molecular weight excluding hydrogens is 322 g/mol. The normalized spacial score (nSPS) is 15.4. The third-order valence-electron chi connectivity index (χ3n) is 4.32. The molecule has 1 aliphatic heterocycles. The Kier molecular flexibility index (Phi) is 3.20. The Balaban J connectivity index is 1.73. The van der Waals surface area contributed by atoms with Gasteiger partial charge < -0.3 is 14.6 Å². The van der Waals surface area contributed by atoms with Crippen LogP contribution >= 0.6 is 11.3 Å². The molecule has 1 N–H and O–H groups in total. The maximum atomic E-state index is 5.48. The summed E-state index contributed by atoms with van der Waals surface area (Å²) in [6.45, 7) is 3.15. The Morgan fingerprint density at radius 1 is 1.12 bits per heavy atom. The minimum atomic E-state index is 0.722. The van der Waals surface area contributed by atoms with Crippen molar-refractivity contribution in [2.24, 2.45) is 0 Å². The fraction of sp³-hybridized carbons (Fsp3) is 0.235. The number of hydrogen-bond donors (Lipinski definition) is 1. The van der Waals surface area contributed by atoms with E-state index in [9.17, 15) is 0 Å². The van der Waals surface area contributed by atoms with Crippen LogP contribution in [0.5, 0.6) is 0 Å². The molecule has 6 nitrogen and oxygen atoms in total. The molecule has 3 aromatic heterocycles. The highest BCUT2D eigenvalue weighted by atomic mass is 32.1. The van der Waals surface area contributed by atoms with Gasteiger partial charge in [0.1, 0.15) is 4.70 Å². The van der Waals surface area contributed by atoms with Crippen LogP contribution in [0.25, 0.3) is 32.6 Å². The van der Waals surface area contributed by atoms with Crippen molar-refractivity contribution < 1.29 is 4.74 Å².